The monoisotopic (exact) mass is 362 g/mol. The second-order valence-electron chi connectivity index (χ2n) is 6.33. The fourth-order valence-electron chi connectivity index (χ4n) is 2.89. The van der Waals surface area contributed by atoms with Gasteiger partial charge < -0.3 is 15.0 Å². The smallest absolute Gasteiger partial charge is 0.274 e. The first-order valence-electron chi connectivity index (χ1n) is 8.99. The van der Waals surface area contributed by atoms with Gasteiger partial charge >= 0.3 is 0 Å². The van der Waals surface area contributed by atoms with Crippen molar-refractivity contribution in [2.45, 2.75) is 26.3 Å². The van der Waals surface area contributed by atoms with E-state index in [1.54, 1.807) is 65.4 Å². The first-order valence-corrected chi connectivity index (χ1v) is 8.99. The number of aromatic nitrogens is 1. The number of unbranched alkanes of at least 4 members (excludes halogenated alkanes) is 1. The average Bonchev–Trinajstić information content (AvgIpc) is 2.69. The Morgan fingerprint density at radius 2 is 1.85 bits per heavy atom. The molecule has 0 saturated heterocycles. The summed E-state index contributed by atoms with van der Waals surface area (Å²) in [5, 5.41) is 12.6. The second kappa shape index (κ2) is 8.36. The van der Waals surface area contributed by atoms with Crippen molar-refractivity contribution in [1.29, 1.82) is 0 Å². The molecule has 0 unspecified atom stereocenters. The first-order chi connectivity index (χ1) is 13.1. The van der Waals surface area contributed by atoms with Gasteiger partial charge in [-0.25, -0.2) is 0 Å². The van der Waals surface area contributed by atoms with Gasteiger partial charge in [-0.2, -0.15) is 0 Å². The van der Waals surface area contributed by atoms with Crippen LogP contribution in [0.2, 0.25) is 0 Å². The van der Waals surface area contributed by atoms with Crippen LogP contribution in [-0.2, 0) is 6.54 Å². The molecule has 1 heterocycles. The third kappa shape index (κ3) is 4.26. The molecule has 0 atom stereocenters. The number of benzene rings is 2. The number of nitrogens with one attached hydrogen (secondary N) is 1. The SMILES string of the molecule is CCCCn1ccc(-c2cccc(O)c2)c(NC(=O)c2ccccc2)c1=O. The molecule has 138 valence electrons. The minimum Gasteiger partial charge on any atom is -0.508 e. The van der Waals surface area contributed by atoms with Crippen LogP contribution in [-0.4, -0.2) is 15.6 Å². The van der Waals surface area contributed by atoms with Gasteiger partial charge in [0.15, 0.2) is 0 Å². The van der Waals surface area contributed by atoms with Crippen molar-refractivity contribution in [3.8, 4) is 16.9 Å². The van der Waals surface area contributed by atoms with Gasteiger partial charge in [-0.05, 0) is 42.3 Å². The Kier molecular flexibility index (Phi) is 5.71. The number of carbonyl (C=O) groups is 1. The molecule has 1 aromatic heterocycles. The van der Waals surface area contributed by atoms with Crippen LogP contribution in [0.4, 0.5) is 5.69 Å². The summed E-state index contributed by atoms with van der Waals surface area (Å²) in [7, 11) is 0. The molecule has 0 aliphatic heterocycles. The molecule has 0 bridgehead atoms. The number of amides is 1. The Labute approximate surface area is 157 Å². The fourth-order valence-corrected chi connectivity index (χ4v) is 2.89. The molecular weight excluding hydrogens is 340 g/mol. The minimum absolute atomic E-state index is 0.1000. The molecule has 3 rings (SSSR count). The Bertz CT molecular complexity index is 994. The number of aromatic hydroxyl groups is 1. The van der Waals surface area contributed by atoms with Crippen LogP contribution in [0.15, 0.2) is 71.7 Å². The third-order valence-electron chi connectivity index (χ3n) is 4.35. The zero-order chi connectivity index (χ0) is 19.2. The summed E-state index contributed by atoms with van der Waals surface area (Å²) in [6.45, 7) is 2.65. The Balaban J connectivity index is 2.07. The van der Waals surface area contributed by atoms with Crippen molar-refractivity contribution in [2.24, 2.45) is 0 Å². The predicted octanol–water partition coefficient (Wildman–Crippen LogP) is 4.27. The highest BCUT2D eigenvalue weighted by molar-refractivity contribution is 6.06. The van der Waals surface area contributed by atoms with E-state index < -0.39 is 0 Å². The van der Waals surface area contributed by atoms with Crippen LogP contribution in [0.5, 0.6) is 5.75 Å². The van der Waals surface area contributed by atoms with Gasteiger partial charge in [0.2, 0.25) is 0 Å². The summed E-state index contributed by atoms with van der Waals surface area (Å²) < 4.78 is 1.61. The van der Waals surface area contributed by atoms with Crippen LogP contribution < -0.4 is 10.9 Å². The van der Waals surface area contributed by atoms with E-state index in [2.05, 4.69) is 12.2 Å². The number of anilines is 1. The lowest BCUT2D eigenvalue weighted by molar-refractivity contribution is 0.102. The normalized spacial score (nSPS) is 10.6. The van der Waals surface area contributed by atoms with Gasteiger partial charge in [0.05, 0.1) is 0 Å². The van der Waals surface area contributed by atoms with Gasteiger partial charge in [0, 0.05) is 23.9 Å². The van der Waals surface area contributed by atoms with E-state index in [0.717, 1.165) is 12.8 Å². The molecule has 1 amide bonds. The van der Waals surface area contributed by atoms with Gasteiger partial charge in [-0.15, -0.1) is 0 Å². The maximum atomic E-state index is 13.0. The van der Waals surface area contributed by atoms with Crippen LogP contribution >= 0.6 is 0 Å². The summed E-state index contributed by atoms with van der Waals surface area (Å²) in [5.41, 5.74) is 1.68. The van der Waals surface area contributed by atoms with Gasteiger partial charge in [0.1, 0.15) is 11.4 Å². The Morgan fingerprint density at radius 3 is 2.56 bits per heavy atom. The number of aryl methyl sites for hydroxylation is 1. The maximum absolute atomic E-state index is 13.0. The summed E-state index contributed by atoms with van der Waals surface area (Å²) in [6, 6.07) is 17.2. The van der Waals surface area contributed by atoms with Gasteiger partial charge in [0.25, 0.3) is 11.5 Å². The Morgan fingerprint density at radius 1 is 1.07 bits per heavy atom. The van der Waals surface area contributed by atoms with Gasteiger partial charge in [-0.1, -0.05) is 43.7 Å². The number of carbonyl (C=O) groups excluding carboxylic acids is 1. The second-order valence-corrected chi connectivity index (χ2v) is 6.33. The molecule has 5 nitrogen and oxygen atoms in total. The van der Waals surface area contributed by atoms with E-state index in [1.807, 2.05) is 6.07 Å². The zero-order valence-electron chi connectivity index (χ0n) is 15.2. The molecule has 0 radical (unpaired) electrons. The van der Waals surface area contributed by atoms with Crippen LogP contribution in [0.3, 0.4) is 0 Å². The summed E-state index contributed by atoms with van der Waals surface area (Å²) in [6.07, 6.45) is 3.57. The molecule has 0 aliphatic carbocycles. The number of phenolic OH excluding ortho intramolecular Hbond substituents is 1. The standard InChI is InChI=1S/C22H22N2O3/c1-2-3-13-24-14-12-19(17-10-7-11-18(25)15-17)20(22(24)27)23-21(26)16-8-5-4-6-9-16/h4-12,14-15,25H,2-3,13H2,1H3,(H,23,26). The lowest BCUT2D eigenvalue weighted by Gasteiger charge is -2.14. The van der Waals surface area contributed by atoms with Crippen molar-refractivity contribution in [3.63, 3.8) is 0 Å². The minimum atomic E-state index is -0.345. The lowest BCUT2D eigenvalue weighted by atomic mass is 10.0. The van der Waals surface area contributed by atoms with E-state index in [0.29, 0.717) is 23.2 Å². The largest absolute Gasteiger partial charge is 0.508 e. The van der Waals surface area contributed by atoms with E-state index >= 15 is 0 Å². The zero-order valence-corrected chi connectivity index (χ0v) is 15.2. The molecule has 5 heteroatoms. The van der Waals surface area contributed by atoms with Crippen LogP contribution in [0, 0.1) is 0 Å². The molecular formula is C22H22N2O3. The van der Waals surface area contributed by atoms with Crippen molar-refractivity contribution in [1.82, 2.24) is 4.57 Å². The topological polar surface area (TPSA) is 71.3 Å². The molecule has 0 aliphatic rings. The van der Waals surface area contributed by atoms with E-state index in [1.165, 1.54) is 0 Å². The van der Waals surface area contributed by atoms with E-state index in [9.17, 15) is 14.7 Å². The lowest BCUT2D eigenvalue weighted by Crippen LogP contribution is -2.26. The maximum Gasteiger partial charge on any atom is 0.274 e. The van der Waals surface area contributed by atoms with Gasteiger partial charge in [-0.3, -0.25) is 9.59 Å². The molecule has 0 fully saturated rings. The van der Waals surface area contributed by atoms with Crippen molar-refractivity contribution < 1.29 is 9.90 Å². The summed E-state index contributed by atoms with van der Waals surface area (Å²) >= 11 is 0. The molecule has 0 saturated carbocycles. The number of hydrogen-bond donors (Lipinski definition) is 2. The highest BCUT2D eigenvalue weighted by atomic mass is 16.3. The third-order valence-corrected chi connectivity index (χ3v) is 4.35. The molecule has 3 aromatic rings. The van der Waals surface area contributed by atoms with E-state index in [4.69, 9.17) is 0 Å². The number of nitrogens with zero attached hydrogens (tertiary/aromatic N) is 1. The van der Waals surface area contributed by atoms with Crippen molar-refractivity contribution in [3.05, 3.63) is 82.8 Å². The molecule has 2 aromatic carbocycles. The van der Waals surface area contributed by atoms with E-state index in [-0.39, 0.29) is 22.9 Å². The summed E-state index contributed by atoms with van der Waals surface area (Å²) in [5.74, 6) is -0.245. The predicted molar refractivity (Wildman–Crippen MR) is 107 cm³/mol. The summed E-state index contributed by atoms with van der Waals surface area (Å²) in [4.78, 5) is 25.6. The number of hydrogen-bond acceptors (Lipinski definition) is 3. The van der Waals surface area contributed by atoms with Crippen LogP contribution in [0.25, 0.3) is 11.1 Å². The average molecular weight is 362 g/mol. The molecule has 0 spiro atoms. The van der Waals surface area contributed by atoms with Crippen molar-refractivity contribution >= 4 is 11.6 Å². The highest BCUT2D eigenvalue weighted by Gasteiger charge is 2.16. The number of pyridine rings is 1. The number of phenols is 1. The number of rotatable bonds is 6. The Hall–Kier alpha value is -3.34. The first kappa shape index (κ1) is 18.5. The van der Waals surface area contributed by atoms with Crippen molar-refractivity contribution in [2.75, 3.05) is 5.32 Å². The fraction of sp³-hybridized carbons (Fsp3) is 0.182. The molecule has 27 heavy (non-hydrogen) atoms. The molecule has 2 N–H and O–H groups in total. The van der Waals surface area contributed by atoms with Crippen LogP contribution in [0.1, 0.15) is 30.1 Å². The quantitative estimate of drug-likeness (QED) is 0.688. The highest BCUT2D eigenvalue weighted by Crippen LogP contribution is 2.28.